The molecule has 0 saturated carbocycles. The molecule has 4 nitrogen and oxygen atoms in total. The van der Waals surface area contributed by atoms with Crippen LogP contribution in [0, 0.1) is 6.92 Å². The lowest BCUT2D eigenvalue weighted by Gasteiger charge is -2.25. The van der Waals surface area contributed by atoms with Crippen molar-refractivity contribution in [3.05, 3.63) is 16.1 Å². The number of carbonyl (C=O) groups is 1. The monoisotopic (exact) mass is 271 g/mol. The van der Waals surface area contributed by atoms with Crippen molar-refractivity contribution in [3.63, 3.8) is 0 Å². The zero-order valence-corrected chi connectivity index (χ0v) is 11.9. The highest BCUT2D eigenvalue weighted by atomic mass is 32.1. The number of aromatic nitrogens is 1. The van der Waals surface area contributed by atoms with Crippen molar-refractivity contribution in [2.75, 3.05) is 6.54 Å². The molecule has 1 heterocycles. The van der Waals surface area contributed by atoms with Gasteiger partial charge in [0.15, 0.2) is 0 Å². The van der Waals surface area contributed by atoms with E-state index >= 15 is 0 Å². The SMILES string of the molecule is Cc1nc(C(=O)N(CCC(N)=S)C(C)C)cs1. The van der Waals surface area contributed by atoms with Gasteiger partial charge < -0.3 is 10.6 Å². The highest BCUT2D eigenvalue weighted by molar-refractivity contribution is 7.80. The molecule has 1 aromatic rings. The summed E-state index contributed by atoms with van der Waals surface area (Å²) in [6, 6.07) is 0.110. The average Bonchev–Trinajstić information content (AvgIpc) is 2.63. The fourth-order valence-corrected chi connectivity index (χ4v) is 2.11. The van der Waals surface area contributed by atoms with Crippen molar-refractivity contribution < 1.29 is 4.79 Å². The van der Waals surface area contributed by atoms with Gasteiger partial charge in [-0.25, -0.2) is 4.98 Å². The standard InChI is InChI=1S/C11H17N3OS2/c1-7(2)14(5-4-10(12)16)11(15)9-6-17-8(3)13-9/h6-7H,4-5H2,1-3H3,(H2,12,16). The predicted molar refractivity (Wildman–Crippen MR) is 74.4 cm³/mol. The van der Waals surface area contributed by atoms with Crippen LogP contribution in [0.1, 0.15) is 35.8 Å². The largest absolute Gasteiger partial charge is 0.393 e. The van der Waals surface area contributed by atoms with Crippen LogP contribution in [-0.4, -0.2) is 33.4 Å². The minimum absolute atomic E-state index is 0.0550. The molecule has 1 aromatic heterocycles. The first kappa shape index (κ1) is 14.1. The molecule has 0 atom stereocenters. The van der Waals surface area contributed by atoms with E-state index in [0.29, 0.717) is 23.6 Å². The van der Waals surface area contributed by atoms with Gasteiger partial charge in [0.2, 0.25) is 0 Å². The van der Waals surface area contributed by atoms with Crippen LogP contribution in [0.25, 0.3) is 0 Å². The van der Waals surface area contributed by atoms with Crippen molar-refractivity contribution in [3.8, 4) is 0 Å². The molecule has 0 aliphatic carbocycles. The molecule has 0 spiro atoms. The third-order valence-electron chi connectivity index (χ3n) is 2.32. The molecule has 2 N–H and O–H groups in total. The van der Waals surface area contributed by atoms with E-state index in [9.17, 15) is 4.79 Å². The Morgan fingerprint density at radius 3 is 2.71 bits per heavy atom. The molecule has 0 fully saturated rings. The number of rotatable bonds is 5. The normalized spacial score (nSPS) is 10.6. The van der Waals surface area contributed by atoms with Crippen LogP contribution in [0.3, 0.4) is 0 Å². The minimum Gasteiger partial charge on any atom is -0.393 e. The highest BCUT2D eigenvalue weighted by Gasteiger charge is 2.20. The molecule has 0 aliphatic heterocycles. The van der Waals surface area contributed by atoms with Crippen LogP contribution in [0.15, 0.2) is 5.38 Å². The summed E-state index contributed by atoms with van der Waals surface area (Å²) in [5.41, 5.74) is 5.97. The number of thiocarbonyl (C=S) groups is 1. The number of amides is 1. The summed E-state index contributed by atoms with van der Waals surface area (Å²) in [5, 5.41) is 2.68. The van der Waals surface area contributed by atoms with Crippen molar-refractivity contribution in [2.45, 2.75) is 33.2 Å². The predicted octanol–water partition coefficient (Wildman–Crippen LogP) is 1.98. The highest BCUT2D eigenvalue weighted by Crippen LogP contribution is 2.12. The van der Waals surface area contributed by atoms with Gasteiger partial charge in [0.25, 0.3) is 5.91 Å². The molecule has 1 amide bonds. The summed E-state index contributed by atoms with van der Waals surface area (Å²) in [6.45, 7) is 6.37. The second kappa shape index (κ2) is 6.07. The average molecular weight is 271 g/mol. The lowest BCUT2D eigenvalue weighted by molar-refractivity contribution is 0.0706. The molecule has 1 rings (SSSR count). The number of nitrogens with zero attached hydrogens (tertiary/aromatic N) is 2. The number of aryl methyl sites for hydroxylation is 1. The Morgan fingerprint density at radius 1 is 1.65 bits per heavy atom. The number of hydrogen-bond acceptors (Lipinski definition) is 4. The maximum atomic E-state index is 12.2. The first-order valence-electron chi connectivity index (χ1n) is 5.43. The smallest absolute Gasteiger partial charge is 0.273 e. The van der Waals surface area contributed by atoms with E-state index in [4.69, 9.17) is 18.0 Å². The summed E-state index contributed by atoms with van der Waals surface area (Å²) in [4.78, 5) is 18.6. The molecule has 0 radical (unpaired) electrons. The number of carbonyl (C=O) groups excluding carboxylic acids is 1. The fraction of sp³-hybridized carbons (Fsp3) is 0.545. The van der Waals surface area contributed by atoms with E-state index in [2.05, 4.69) is 4.98 Å². The fourth-order valence-electron chi connectivity index (χ4n) is 1.43. The van der Waals surface area contributed by atoms with Crippen molar-refractivity contribution in [1.29, 1.82) is 0 Å². The molecule has 6 heteroatoms. The van der Waals surface area contributed by atoms with Crippen molar-refractivity contribution in [2.24, 2.45) is 5.73 Å². The van der Waals surface area contributed by atoms with Gasteiger partial charge in [0.05, 0.1) is 10.00 Å². The van der Waals surface area contributed by atoms with E-state index in [0.717, 1.165) is 5.01 Å². The molecule has 0 unspecified atom stereocenters. The molecule has 0 bridgehead atoms. The maximum Gasteiger partial charge on any atom is 0.273 e. The zero-order chi connectivity index (χ0) is 13.0. The first-order valence-corrected chi connectivity index (χ1v) is 6.72. The van der Waals surface area contributed by atoms with Gasteiger partial charge in [-0.3, -0.25) is 4.79 Å². The molecule has 17 heavy (non-hydrogen) atoms. The van der Waals surface area contributed by atoms with E-state index in [1.807, 2.05) is 20.8 Å². The van der Waals surface area contributed by atoms with E-state index in [1.54, 1.807) is 10.3 Å². The van der Waals surface area contributed by atoms with Crippen LogP contribution in [0.4, 0.5) is 0 Å². The lowest BCUT2D eigenvalue weighted by Crippen LogP contribution is -2.39. The van der Waals surface area contributed by atoms with Gasteiger partial charge in [0, 0.05) is 24.4 Å². The van der Waals surface area contributed by atoms with Gasteiger partial charge in [0.1, 0.15) is 5.69 Å². The van der Waals surface area contributed by atoms with Crippen molar-refractivity contribution in [1.82, 2.24) is 9.88 Å². The molecule has 94 valence electrons. The Hall–Kier alpha value is -1.01. The van der Waals surface area contributed by atoms with E-state index < -0.39 is 0 Å². The zero-order valence-electron chi connectivity index (χ0n) is 10.3. The lowest BCUT2D eigenvalue weighted by atomic mass is 10.2. The first-order chi connectivity index (χ1) is 7.91. The van der Waals surface area contributed by atoms with Crippen LogP contribution in [0.5, 0.6) is 0 Å². The van der Waals surface area contributed by atoms with Gasteiger partial charge in [-0.05, 0) is 20.8 Å². The summed E-state index contributed by atoms with van der Waals surface area (Å²) < 4.78 is 0. The summed E-state index contributed by atoms with van der Waals surface area (Å²) >= 11 is 6.31. The van der Waals surface area contributed by atoms with Crippen molar-refractivity contribution >= 4 is 34.5 Å². The second-order valence-corrected chi connectivity index (χ2v) is 5.65. The summed E-state index contributed by atoms with van der Waals surface area (Å²) in [5.74, 6) is -0.0550. The molecular formula is C11H17N3OS2. The van der Waals surface area contributed by atoms with Gasteiger partial charge in [-0.15, -0.1) is 11.3 Å². The minimum atomic E-state index is -0.0550. The number of nitrogens with two attached hydrogens (primary N) is 1. The van der Waals surface area contributed by atoms with E-state index in [-0.39, 0.29) is 11.9 Å². The summed E-state index contributed by atoms with van der Waals surface area (Å²) in [7, 11) is 0. The molecule has 0 saturated heterocycles. The Labute approximate surface area is 111 Å². The Bertz CT molecular complexity index is 415. The molecular weight excluding hydrogens is 254 g/mol. The van der Waals surface area contributed by atoms with Crippen LogP contribution in [-0.2, 0) is 0 Å². The third-order valence-corrected chi connectivity index (χ3v) is 3.30. The van der Waals surface area contributed by atoms with Gasteiger partial charge >= 0.3 is 0 Å². The van der Waals surface area contributed by atoms with Crippen LogP contribution < -0.4 is 5.73 Å². The molecule has 0 aromatic carbocycles. The Kier molecular flexibility index (Phi) is 5.02. The summed E-state index contributed by atoms with van der Waals surface area (Å²) in [6.07, 6.45) is 0.544. The van der Waals surface area contributed by atoms with Gasteiger partial charge in [-0.2, -0.15) is 0 Å². The van der Waals surface area contributed by atoms with Crippen LogP contribution in [0.2, 0.25) is 0 Å². The second-order valence-electron chi connectivity index (χ2n) is 4.06. The van der Waals surface area contributed by atoms with E-state index in [1.165, 1.54) is 11.3 Å². The number of hydrogen-bond donors (Lipinski definition) is 1. The van der Waals surface area contributed by atoms with Gasteiger partial charge in [-0.1, -0.05) is 12.2 Å². The topological polar surface area (TPSA) is 59.2 Å². The Balaban J connectivity index is 2.77. The number of thiazole rings is 1. The quantitative estimate of drug-likeness (QED) is 0.832. The molecule has 0 aliphatic rings. The van der Waals surface area contributed by atoms with Crippen LogP contribution >= 0.6 is 23.6 Å². The Morgan fingerprint density at radius 2 is 2.29 bits per heavy atom. The maximum absolute atomic E-state index is 12.2. The third kappa shape index (κ3) is 4.05.